The topological polar surface area (TPSA) is 93.1 Å². The molecule has 2 rings (SSSR count). The van der Waals surface area contributed by atoms with Crippen LogP contribution in [0.15, 0.2) is 24.3 Å². The second-order valence-corrected chi connectivity index (χ2v) is 8.24. The van der Waals surface area contributed by atoms with Crippen molar-refractivity contribution < 1.29 is 29.3 Å². The molecule has 0 saturated heterocycles. The highest BCUT2D eigenvalue weighted by atomic mass is 127. The van der Waals surface area contributed by atoms with Crippen LogP contribution >= 0.6 is 45.2 Å². The van der Waals surface area contributed by atoms with Crippen LogP contribution in [-0.2, 0) is 31.9 Å². The molecule has 0 spiro atoms. The molecule has 0 aliphatic carbocycles. The molecule has 150 valence electrons. The number of benzene rings is 2. The van der Waals surface area contributed by atoms with Crippen molar-refractivity contribution in [2.24, 2.45) is 0 Å². The van der Waals surface area contributed by atoms with Gasteiger partial charge in [0.2, 0.25) is 0 Å². The zero-order valence-electron chi connectivity index (χ0n) is 15.4. The van der Waals surface area contributed by atoms with E-state index in [4.69, 9.17) is 9.47 Å². The van der Waals surface area contributed by atoms with Gasteiger partial charge in [0.15, 0.2) is 0 Å². The predicted molar refractivity (Wildman–Crippen MR) is 121 cm³/mol. The van der Waals surface area contributed by atoms with Crippen molar-refractivity contribution in [3.8, 4) is 22.6 Å². The predicted octanol–water partition coefficient (Wildman–Crippen LogP) is 4.19. The maximum absolute atomic E-state index is 11.8. The minimum atomic E-state index is -0.371. The fourth-order valence-corrected chi connectivity index (χ4v) is 4.06. The van der Waals surface area contributed by atoms with Gasteiger partial charge in [-0.05, 0) is 94.4 Å². The summed E-state index contributed by atoms with van der Waals surface area (Å²) in [7, 11) is 0. The average Bonchev–Trinajstić information content (AvgIpc) is 2.61. The van der Waals surface area contributed by atoms with Crippen LogP contribution in [0, 0.1) is 7.14 Å². The molecule has 0 aliphatic heterocycles. The Morgan fingerprint density at radius 2 is 1.14 bits per heavy atom. The van der Waals surface area contributed by atoms with Gasteiger partial charge in [0, 0.05) is 11.1 Å². The maximum atomic E-state index is 11.8. The fraction of sp³-hybridized carbons (Fsp3) is 0.300. The summed E-state index contributed by atoms with van der Waals surface area (Å²) < 4.78 is 11.1. The lowest BCUT2D eigenvalue weighted by Gasteiger charge is -2.14. The lowest BCUT2D eigenvalue weighted by atomic mass is 9.97. The molecule has 0 heterocycles. The number of phenolic OH excluding ortho intramolecular Hbond substituents is 2. The Balaban J connectivity index is 2.50. The monoisotopic (exact) mass is 610 g/mol. The Morgan fingerprint density at radius 3 is 1.46 bits per heavy atom. The molecule has 2 N–H and O–H groups in total. The molecule has 0 unspecified atom stereocenters. The third kappa shape index (κ3) is 5.72. The van der Waals surface area contributed by atoms with Crippen molar-refractivity contribution >= 4 is 57.1 Å². The standard InChI is InChI=1S/C20H20I2O6/c1-3-27-17(23)9-11-5-13(19(25)15(21)7-11)14-6-12(8-16(22)20(14)26)10-18(24)28-4-2/h5-8,25-26H,3-4,9-10H2,1-2H3. The Labute approximate surface area is 190 Å². The highest BCUT2D eigenvalue weighted by Crippen LogP contribution is 2.41. The molecule has 0 aliphatic rings. The second-order valence-electron chi connectivity index (χ2n) is 5.91. The van der Waals surface area contributed by atoms with Crippen LogP contribution < -0.4 is 0 Å². The molecule has 0 saturated carbocycles. The van der Waals surface area contributed by atoms with E-state index in [1.165, 1.54) is 0 Å². The van der Waals surface area contributed by atoms with E-state index in [1.54, 1.807) is 38.1 Å². The van der Waals surface area contributed by atoms with E-state index in [9.17, 15) is 19.8 Å². The van der Waals surface area contributed by atoms with Crippen molar-refractivity contribution in [2.45, 2.75) is 26.7 Å². The molecule has 6 nitrogen and oxygen atoms in total. The zero-order chi connectivity index (χ0) is 20.8. The molecule has 2 aromatic rings. The zero-order valence-corrected chi connectivity index (χ0v) is 19.7. The SMILES string of the molecule is CCOC(=O)Cc1cc(I)c(O)c(-c2cc(CC(=O)OCC)cc(I)c2O)c1. The molecule has 0 bridgehead atoms. The summed E-state index contributed by atoms with van der Waals surface area (Å²) in [5, 5.41) is 21.1. The Bertz CT molecular complexity index is 821. The largest absolute Gasteiger partial charge is 0.506 e. The number of hydrogen-bond acceptors (Lipinski definition) is 6. The van der Waals surface area contributed by atoms with E-state index in [1.807, 2.05) is 45.2 Å². The summed E-state index contributed by atoms with van der Waals surface area (Å²) in [5.74, 6) is -0.755. The van der Waals surface area contributed by atoms with Crippen molar-refractivity contribution in [3.63, 3.8) is 0 Å². The Kier molecular flexibility index (Phi) is 8.35. The number of esters is 2. The molecule has 0 amide bonds. The lowest BCUT2D eigenvalue weighted by Crippen LogP contribution is -2.08. The quantitative estimate of drug-likeness (QED) is 0.361. The van der Waals surface area contributed by atoms with E-state index in [0.29, 0.717) is 29.4 Å². The van der Waals surface area contributed by atoms with Gasteiger partial charge in [-0.1, -0.05) is 0 Å². The van der Waals surface area contributed by atoms with Crippen molar-refractivity contribution in [3.05, 3.63) is 42.5 Å². The third-order valence-electron chi connectivity index (χ3n) is 3.84. The first-order valence-corrected chi connectivity index (χ1v) is 10.8. The minimum absolute atomic E-state index is 0.00686. The summed E-state index contributed by atoms with van der Waals surface area (Å²) in [6, 6.07) is 6.68. The van der Waals surface area contributed by atoms with Gasteiger partial charge in [0.1, 0.15) is 11.5 Å². The minimum Gasteiger partial charge on any atom is -0.506 e. The highest BCUT2D eigenvalue weighted by Gasteiger charge is 2.18. The summed E-state index contributed by atoms with van der Waals surface area (Å²) in [5.41, 5.74) is 2.07. The van der Waals surface area contributed by atoms with E-state index in [2.05, 4.69) is 0 Å². The Morgan fingerprint density at radius 1 is 0.786 bits per heavy atom. The third-order valence-corrected chi connectivity index (χ3v) is 5.49. The van der Waals surface area contributed by atoms with E-state index < -0.39 is 0 Å². The van der Waals surface area contributed by atoms with Crippen LogP contribution in [0.4, 0.5) is 0 Å². The first-order chi connectivity index (χ1) is 13.3. The average molecular weight is 610 g/mol. The van der Waals surface area contributed by atoms with Crippen LogP contribution in [0.2, 0.25) is 0 Å². The van der Waals surface area contributed by atoms with Gasteiger partial charge >= 0.3 is 11.9 Å². The van der Waals surface area contributed by atoms with Crippen LogP contribution in [-0.4, -0.2) is 35.4 Å². The van der Waals surface area contributed by atoms with Gasteiger partial charge < -0.3 is 19.7 Å². The summed E-state index contributed by atoms with van der Waals surface area (Å²) in [6.45, 7) is 4.05. The summed E-state index contributed by atoms with van der Waals surface area (Å²) in [4.78, 5) is 23.7. The maximum Gasteiger partial charge on any atom is 0.310 e. The number of carbonyl (C=O) groups is 2. The van der Waals surface area contributed by atoms with Gasteiger partial charge in [-0.3, -0.25) is 9.59 Å². The molecule has 8 heteroatoms. The van der Waals surface area contributed by atoms with Gasteiger partial charge in [0.25, 0.3) is 0 Å². The second kappa shape index (κ2) is 10.3. The summed E-state index contributed by atoms with van der Waals surface area (Å²) in [6.07, 6.45) is 0.106. The molecule has 0 fully saturated rings. The van der Waals surface area contributed by atoms with E-state index >= 15 is 0 Å². The number of halogens is 2. The first kappa shape index (κ1) is 22.7. The van der Waals surface area contributed by atoms with Gasteiger partial charge in [-0.25, -0.2) is 0 Å². The van der Waals surface area contributed by atoms with Crippen LogP contribution in [0.1, 0.15) is 25.0 Å². The van der Waals surface area contributed by atoms with Crippen LogP contribution in [0.25, 0.3) is 11.1 Å². The normalized spacial score (nSPS) is 10.6. The van der Waals surface area contributed by atoms with E-state index in [0.717, 1.165) is 0 Å². The van der Waals surface area contributed by atoms with Crippen molar-refractivity contribution in [1.29, 1.82) is 0 Å². The summed E-state index contributed by atoms with van der Waals surface area (Å²) >= 11 is 3.94. The van der Waals surface area contributed by atoms with E-state index in [-0.39, 0.29) is 49.5 Å². The number of hydrogen-bond donors (Lipinski definition) is 2. The molecule has 2 aromatic carbocycles. The number of ether oxygens (including phenoxy) is 2. The number of phenols is 2. The van der Waals surface area contributed by atoms with Crippen molar-refractivity contribution in [1.82, 2.24) is 0 Å². The molecule has 28 heavy (non-hydrogen) atoms. The molecular weight excluding hydrogens is 590 g/mol. The smallest absolute Gasteiger partial charge is 0.310 e. The van der Waals surface area contributed by atoms with Gasteiger partial charge in [0.05, 0.1) is 33.2 Å². The Hall–Kier alpha value is -1.56. The molecule has 0 aromatic heterocycles. The molecule has 0 radical (unpaired) electrons. The highest BCUT2D eigenvalue weighted by molar-refractivity contribution is 14.1. The first-order valence-electron chi connectivity index (χ1n) is 8.61. The van der Waals surface area contributed by atoms with Gasteiger partial charge in [-0.15, -0.1) is 0 Å². The van der Waals surface area contributed by atoms with Gasteiger partial charge in [-0.2, -0.15) is 0 Å². The molecular formula is C20H20I2O6. The van der Waals surface area contributed by atoms with Crippen LogP contribution in [0.3, 0.4) is 0 Å². The van der Waals surface area contributed by atoms with Crippen LogP contribution in [0.5, 0.6) is 11.5 Å². The fourth-order valence-electron chi connectivity index (χ4n) is 2.68. The lowest BCUT2D eigenvalue weighted by molar-refractivity contribution is -0.143. The van der Waals surface area contributed by atoms with Crippen molar-refractivity contribution in [2.75, 3.05) is 13.2 Å². The number of carbonyl (C=O) groups excluding carboxylic acids is 2. The number of aromatic hydroxyl groups is 2. The molecule has 0 atom stereocenters. The number of rotatable bonds is 7.